The van der Waals surface area contributed by atoms with E-state index in [-0.39, 0.29) is 0 Å². The molecule has 3 nitrogen and oxygen atoms in total. The van der Waals surface area contributed by atoms with E-state index in [1.165, 1.54) is 0 Å². The molecule has 0 spiro atoms. The number of imidazole rings is 1. The van der Waals surface area contributed by atoms with Crippen LogP contribution < -0.4 is 0 Å². The summed E-state index contributed by atoms with van der Waals surface area (Å²) in [5.41, 5.74) is 2.25. The molecule has 3 aromatic rings. The highest BCUT2D eigenvalue weighted by Crippen LogP contribution is 2.24. The predicted molar refractivity (Wildman–Crippen MR) is 73.7 cm³/mol. The van der Waals surface area contributed by atoms with Gasteiger partial charge in [-0.2, -0.15) is 0 Å². The Bertz CT molecular complexity index is 719. The molecule has 0 saturated heterocycles. The van der Waals surface area contributed by atoms with Crippen molar-refractivity contribution in [2.45, 2.75) is 0 Å². The third kappa shape index (κ3) is 1.75. The highest BCUT2D eigenvalue weighted by atomic mass is 79.9. The highest BCUT2D eigenvalue weighted by Gasteiger charge is 2.11. The van der Waals surface area contributed by atoms with Crippen LogP contribution in [0.25, 0.3) is 16.9 Å². The number of hydrogen-bond acceptors (Lipinski definition) is 2. The summed E-state index contributed by atoms with van der Waals surface area (Å²) >= 11 is 3.40. The van der Waals surface area contributed by atoms with Crippen LogP contribution in [-0.4, -0.2) is 15.7 Å². The van der Waals surface area contributed by atoms with Crippen LogP contribution in [0.2, 0.25) is 0 Å². The van der Waals surface area contributed by atoms with Gasteiger partial charge >= 0.3 is 0 Å². The molecule has 0 aliphatic carbocycles. The van der Waals surface area contributed by atoms with Gasteiger partial charge in [-0.3, -0.25) is 9.20 Å². The fourth-order valence-corrected chi connectivity index (χ4v) is 2.29. The average Bonchev–Trinajstić information content (AvgIpc) is 2.77. The van der Waals surface area contributed by atoms with Crippen LogP contribution in [0.15, 0.2) is 53.1 Å². The summed E-state index contributed by atoms with van der Waals surface area (Å²) in [6, 6.07) is 13.6. The number of aromatic nitrogens is 2. The molecule has 0 unspecified atom stereocenters. The van der Waals surface area contributed by atoms with E-state index < -0.39 is 0 Å². The minimum atomic E-state index is 0.454. The zero-order chi connectivity index (χ0) is 12.5. The molecule has 3 rings (SSSR count). The Hall–Kier alpha value is -1.94. The summed E-state index contributed by atoms with van der Waals surface area (Å²) in [5.74, 6) is 0.778. The molecule has 2 aromatic heterocycles. The second-order valence-electron chi connectivity index (χ2n) is 3.90. The Kier molecular flexibility index (Phi) is 2.72. The van der Waals surface area contributed by atoms with Gasteiger partial charge < -0.3 is 0 Å². The van der Waals surface area contributed by atoms with Crippen molar-refractivity contribution in [1.82, 2.24) is 9.38 Å². The molecule has 0 aliphatic heterocycles. The first-order valence-electron chi connectivity index (χ1n) is 5.48. The van der Waals surface area contributed by atoms with E-state index >= 15 is 0 Å². The fourth-order valence-electron chi connectivity index (χ4n) is 1.96. The molecular weight excluding hydrogens is 292 g/mol. The number of pyridine rings is 1. The van der Waals surface area contributed by atoms with Gasteiger partial charge in [-0.25, -0.2) is 4.98 Å². The number of hydrogen-bond donors (Lipinski definition) is 0. The molecule has 0 fully saturated rings. The molecule has 18 heavy (non-hydrogen) atoms. The predicted octanol–water partition coefficient (Wildman–Crippen LogP) is 3.58. The molecule has 4 heteroatoms. The van der Waals surface area contributed by atoms with E-state index in [2.05, 4.69) is 20.9 Å². The molecule has 0 atom stereocenters. The zero-order valence-electron chi connectivity index (χ0n) is 9.38. The van der Waals surface area contributed by atoms with Crippen LogP contribution in [0.4, 0.5) is 0 Å². The number of rotatable bonds is 2. The lowest BCUT2D eigenvalue weighted by molar-refractivity contribution is 0.112. The molecule has 0 saturated carbocycles. The number of halogens is 1. The molecule has 0 radical (unpaired) electrons. The second kappa shape index (κ2) is 4.38. The Morgan fingerprint density at radius 3 is 2.67 bits per heavy atom. The van der Waals surface area contributed by atoms with E-state index in [0.717, 1.165) is 27.7 Å². The maximum Gasteiger partial charge on any atom is 0.170 e. The summed E-state index contributed by atoms with van der Waals surface area (Å²) in [5, 5.41) is 0. The minimum Gasteiger partial charge on any atom is -0.299 e. The number of aldehydes is 1. The summed E-state index contributed by atoms with van der Waals surface area (Å²) in [4.78, 5) is 15.5. The lowest BCUT2D eigenvalue weighted by atomic mass is 10.2. The standard InChI is InChI=1S/C14H9BrN2O/c15-11-6-7-17-13(8-11)12(9-18)16-14(17)10-4-2-1-3-5-10/h1-9H. The molecule has 0 aliphatic rings. The lowest BCUT2D eigenvalue weighted by Gasteiger charge is -2.01. The molecule has 2 heterocycles. The number of carbonyl (C=O) groups excluding carboxylic acids is 1. The Balaban J connectivity index is 2.34. The van der Waals surface area contributed by atoms with Gasteiger partial charge in [-0.05, 0) is 12.1 Å². The Labute approximate surface area is 112 Å². The number of nitrogens with zero attached hydrogens (tertiary/aromatic N) is 2. The first-order chi connectivity index (χ1) is 8.79. The number of carbonyl (C=O) groups is 1. The normalized spacial score (nSPS) is 10.7. The largest absolute Gasteiger partial charge is 0.299 e. The van der Waals surface area contributed by atoms with Crippen LogP contribution in [-0.2, 0) is 0 Å². The average molecular weight is 301 g/mol. The highest BCUT2D eigenvalue weighted by molar-refractivity contribution is 9.10. The number of fused-ring (bicyclic) bond motifs is 1. The van der Waals surface area contributed by atoms with E-state index in [1.807, 2.05) is 53.1 Å². The van der Waals surface area contributed by atoms with Crippen LogP contribution in [0.1, 0.15) is 10.5 Å². The van der Waals surface area contributed by atoms with Gasteiger partial charge in [-0.15, -0.1) is 0 Å². The van der Waals surface area contributed by atoms with Crippen molar-refractivity contribution in [3.8, 4) is 11.4 Å². The van der Waals surface area contributed by atoms with Crippen molar-refractivity contribution < 1.29 is 4.79 Å². The van der Waals surface area contributed by atoms with Crippen molar-refractivity contribution in [3.05, 3.63) is 58.8 Å². The minimum absolute atomic E-state index is 0.454. The van der Waals surface area contributed by atoms with Crippen molar-refractivity contribution in [2.75, 3.05) is 0 Å². The molecule has 0 bridgehead atoms. The van der Waals surface area contributed by atoms with Crippen LogP contribution in [0.5, 0.6) is 0 Å². The van der Waals surface area contributed by atoms with Gasteiger partial charge in [0.05, 0.1) is 5.52 Å². The number of benzene rings is 1. The quantitative estimate of drug-likeness (QED) is 0.678. The van der Waals surface area contributed by atoms with Crippen molar-refractivity contribution >= 4 is 27.7 Å². The third-order valence-electron chi connectivity index (χ3n) is 2.78. The molecule has 0 N–H and O–H groups in total. The zero-order valence-corrected chi connectivity index (χ0v) is 11.0. The van der Waals surface area contributed by atoms with Gasteiger partial charge in [0.15, 0.2) is 6.29 Å². The second-order valence-corrected chi connectivity index (χ2v) is 4.82. The van der Waals surface area contributed by atoms with Crippen LogP contribution in [0.3, 0.4) is 0 Å². The molecule has 1 aromatic carbocycles. The molecule has 0 amide bonds. The van der Waals surface area contributed by atoms with E-state index in [0.29, 0.717) is 5.69 Å². The summed E-state index contributed by atoms with van der Waals surface area (Å²) in [6.45, 7) is 0. The van der Waals surface area contributed by atoms with E-state index in [4.69, 9.17) is 0 Å². The maximum atomic E-state index is 11.1. The van der Waals surface area contributed by atoms with Gasteiger partial charge in [0, 0.05) is 16.2 Å². The fraction of sp³-hybridized carbons (Fsp3) is 0. The van der Waals surface area contributed by atoms with Crippen molar-refractivity contribution in [2.24, 2.45) is 0 Å². The van der Waals surface area contributed by atoms with Crippen LogP contribution >= 0.6 is 15.9 Å². The van der Waals surface area contributed by atoms with Crippen molar-refractivity contribution in [1.29, 1.82) is 0 Å². The Morgan fingerprint density at radius 1 is 1.17 bits per heavy atom. The van der Waals surface area contributed by atoms with Gasteiger partial charge in [0.1, 0.15) is 11.5 Å². The summed E-state index contributed by atoms with van der Waals surface area (Å²) < 4.78 is 2.85. The maximum absolute atomic E-state index is 11.1. The topological polar surface area (TPSA) is 34.4 Å². The van der Waals surface area contributed by atoms with Gasteiger partial charge in [0.25, 0.3) is 0 Å². The van der Waals surface area contributed by atoms with E-state index in [1.54, 1.807) is 0 Å². The van der Waals surface area contributed by atoms with Gasteiger partial charge in [0.2, 0.25) is 0 Å². The summed E-state index contributed by atoms with van der Waals surface area (Å²) in [6.07, 6.45) is 2.69. The monoisotopic (exact) mass is 300 g/mol. The molecule has 88 valence electrons. The lowest BCUT2D eigenvalue weighted by Crippen LogP contribution is -1.88. The Morgan fingerprint density at radius 2 is 1.94 bits per heavy atom. The third-order valence-corrected chi connectivity index (χ3v) is 3.27. The van der Waals surface area contributed by atoms with Crippen LogP contribution in [0, 0.1) is 0 Å². The smallest absolute Gasteiger partial charge is 0.170 e. The van der Waals surface area contributed by atoms with E-state index in [9.17, 15) is 4.79 Å². The molecular formula is C14H9BrN2O. The first-order valence-corrected chi connectivity index (χ1v) is 6.27. The summed E-state index contributed by atoms with van der Waals surface area (Å²) in [7, 11) is 0. The van der Waals surface area contributed by atoms with Crippen molar-refractivity contribution in [3.63, 3.8) is 0 Å². The first kappa shape index (κ1) is 11.2. The SMILES string of the molecule is O=Cc1nc(-c2ccccc2)n2ccc(Br)cc12. The van der Waals surface area contributed by atoms with Gasteiger partial charge in [-0.1, -0.05) is 46.3 Å².